The van der Waals surface area contributed by atoms with Crippen molar-refractivity contribution in [2.45, 2.75) is 11.3 Å². The van der Waals surface area contributed by atoms with Gasteiger partial charge in [-0.15, -0.1) is 0 Å². The first-order valence-electron chi connectivity index (χ1n) is 6.04. The number of hydrogen-bond acceptors (Lipinski definition) is 4. The summed E-state index contributed by atoms with van der Waals surface area (Å²) >= 11 is 0. The van der Waals surface area contributed by atoms with Gasteiger partial charge in [-0.1, -0.05) is 6.07 Å². The van der Waals surface area contributed by atoms with Crippen LogP contribution in [0.4, 0.5) is 4.39 Å². The maximum atomic E-state index is 13.8. The molecule has 1 aromatic carbocycles. The maximum absolute atomic E-state index is 13.8. The first kappa shape index (κ1) is 15.1. The fourth-order valence-electron chi connectivity index (χ4n) is 1.79. The van der Waals surface area contributed by atoms with E-state index in [4.69, 9.17) is 5.11 Å². The minimum atomic E-state index is -3.83. The Morgan fingerprint density at radius 2 is 2.05 bits per heavy atom. The van der Waals surface area contributed by atoms with Gasteiger partial charge in [0.05, 0.1) is 11.3 Å². The molecule has 0 amide bonds. The summed E-state index contributed by atoms with van der Waals surface area (Å²) in [6.45, 7) is 0. The van der Waals surface area contributed by atoms with Crippen LogP contribution in [-0.2, 0) is 16.3 Å². The summed E-state index contributed by atoms with van der Waals surface area (Å²) in [7, 11) is -3.83. The molecule has 5 nitrogen and oxygen atoms in total. The van der Waals surface area contributed by atoms with Gasteiger partial charge in [-0.25, -0.2) is 17.6 Å². The predicted molar refractivity (Wildman–Crippen MR) is 73.4 cm³/mol. The third kappa shape index (κ3) is 3.63. The van der Waals surface area contributed by atoms with E-state index >= 15 is 0 Å². The predicted octanol–water partition coefficient (Wildman–Crippen LogP) is 1.94. The Morgan fingerprint density at radius 1 is 1.29 bits per heavy atom. The van der Waals surface area contributed by atoms with Gasteiger partial charge in [-0.3, -0.25) is 4.98 Å². The Kier molecular flexibility index (Phi) is 4.32. The second kappa shape index (κ2) is 6.01. The van der Waals surface area contributed by atoms with Crippen LogP contribution in [0.1, 0.15) is 15.9 Å². The molecule has 0 atom stereocenters. The van der Waals surface area contributed by atoms with E-state index in [1.54, 1.807) is 24.5 Å². The lowest BCUT2D eigenvalue weighted by Gasteiger charge is -2.06. The number of hydrogen-bond donors (Lipinski definition) is 1. The fraction of sp³-hybridized carbons (Fsp3) is 0.143. The van der Waals surface area contributed by atoms with Gasteiger partial charge in [0.15, 0.2) is 9.84 Å². The molecule has 0 aliphatic carbocycles. The molecule has 21 heavy (non-hydrogen) atoms. The third-order valence-electron chi connectivity index (χ3n) is 2.90. The summed E-state index contributed by atoms with van der Waals surface area (Å²) in [5, 5.41) is 8.73. The van der Waals surface area contributed by atoms with Crippen molar-refractivity contribution in [2.24, 2.45) is 0 Å². The number of rotatable bonds is 5. The van der Waals surface area contributed by atoms with E-state index in [1.165, 1.54) is 0 Å². The van der Waals surface area contributed by atoms with Crippen molar-refractivity contribution >= 4 is 15.8 Å². The molecule has 0 aliphatic rings. The molecule has 0 saturated carbocycles. The van der Waals surface area contributed by atoms with E-state index in [2.05, 4.69) is 4.98 Å². The number of pyridine rings is 1. The van der Waals surface area contributed by atoms with Crippen LogP contribution < -0.4 is 0 Å². The molecule has 7 heteroatoms. The van der Waals surface area contributed by atoms with E-state index in [1.807, 2.05) is 0 Å². The Bertz CT molecular complexity index is 760. The number of aromatic carboxylic acids is 1. The highest BCUT2D eigenvalue weighted by Crippen LogP contribution is 2.18. The van der Waals surface area contributed by atoms with E-state index in [9.17, 15) is 17.6 Å². The SMILES string of the molecule is O=C(O)c1ccc(S(=O)(=O)CCc2cccnc2)c(F)c1. The normalized spacial score (nSPS) is 11.3. The highest BCUT2D eigenvalue weighted by Gasteiger charge is 2.20. The summed E-state index contributed by atoms with van der Waals surface area (Å²) in [6.07, 6.45) is 3.32. The van der Waals surface area contributed by atoms with Crippen LogP contribution >= 0.6 is 0 Å². The van der Waals surface area contributed by atoms with Crippen LogP contribution in [0.3, 0.4) is 0 Å². The molecule has 2 aromatic rings. The molecular formula is C14H12FNO4S. The van der Waals surface area contributed by atoms with Gasteiger partial charge in [0.1, 0.15) is 10.7 Å². The molecule has 0 spiro atoms. The molecule has 110 valence electrons. The van der Waals surface area contributed by atoms with Crippen molar-refractivity contribution in [1.82, 2.24) is 4.98 Å². The largest absolute Gasteiger partial charge is 0.478 e. The lowest BCUT2D eigenvalue weighted by atomic mass is 10.2. The minimum Gasteiger partial charge on any atom is -0.478 e. The van der Waals surface area contributed by atoms with Crippen molar-refractivity contribution < 1.29 is 22.7 Å². The summed E-state index contributed by atoms with van der Waals surface area (Å²) in [6, 6.07) is 6.18. The lowest BCUT2D eigenvalue weighted by Crippen LogP contribution is -2.12. The average molecular weight is 309 g/mol. The topological polar surface area (TPSA) is 84.3 Å². The van der Waals surface area contributed by atoms with Crippen LogP contribution in [-0.4, -0.2) is 30.2 Å². The quantitative estimate of drug-likeness (QED) is 0.912. The van der Waals surface area contributed by atoms with E-state index in [-0.39, 0.29) is 17.7 Å². The van der Waals surface area contributed by atoms with Crippen LogP contribution in [0.2, 0.25) is 0 Å². The summed E-state index contributed by atoms with van der Waals surface area (Å²) < 4.78 is 38.0. The van der Waals surface area contributed by atoms with Gasteiger partial charge < -0.3 is 5.11 Å². The van der Waals surface area contributed by atoms with Crippen molar-refractivity contribution in [3.05, 3.63) is 59.7 Å². The van der Waals surface area contributed by atoms with Crippen molar-refractivity contribution in [3.8, 4) is 0 Å². The van der Waals surface area contributed by atoms with Gasteiger partial charge in [0.2, 0.25) is 0 Å². The zero-order chi connectivity index (χ0) is 15.5. The third-order valence-corrected chi connectivity index (χ3v) is 4.64. The summed E-state index contributed by atoms with van der Waals surface area (Å²) in [5.74, 6) is -2.64. The molecule has 0 aliphatic heterocycles. The van der Waals surface area contributed by atoms with E-state index in [0.29, 0.717) is 6.07 Å². The van der Waals surface area contributed by atoms with Crippen molar-refractivity contribution in [1.29, 1.82) is 0 Å². The number of carboxylic acids is 1. The molecule has 0 bridgehead atoms. The molecule has 0 radical (unpaired) electrons. The fourth-order valence-corrected chi connectivity index (χ4v) is 3.15. The standard InChI is InChI=1S/C14H12FNO4S/c15-12-8-11(14(17)18)3-4-13(12)21(19,20)7-5-10-2-1-6-16-9-10/h1-4,6,8-9H,5,7H2,(H,17,18). The van der Waals surface area contributed by atoms with Crippen LogP contribution in [0.15, 0.2) is 47.6 Å². The first-order chi connectivity index (χ1) is 9.90. The number of sulfone groups is 1. The van der Waals surface area contributed by atoms with Gasteiger partial charge in [-0.2, -0.15) is 0 Å². The summed E-state index contributed by atoms with van der Waals surface area (Å²) in [5.41, 5.74) is 0.433. The lowest BCUT2D eigenvalue weighted by molar-refractivity contribution is 0.0696. The Hall–Kier alpha value is -2.28. The highest BCUT2D eigenvalue weighted by molar-refractivity contribution is 7.91. The molecule has 1 N–H and O–H groups in total. The number of benzene rings is 1. The zero-order valence-electron chi connectivity index (χ0n) is 10.9. The average Bonchev–Trinajstić information content (AvgIpc) is 2.46. The van der Waals surface area contributed by atoms with E-state index in [0.717, 1.165) is 17.7 Å². The van der Waals surface area contributed by atoms with Gasteiger partial charge >= 0.3 is 5.97 Å². The maximum Gasteiger partial charge on any atom is 0.335 e. The first-order valence-corrected chi connectivity index (χ1v) is 7.70. The van der Waals surface area contributed by atoms with Gasteiger partial charge in [-0.05, 0) is 36.2 Å². The Morgan fingerprint density at radius 3 is 2.62 bits per heavy atom. The molecule has 2 rings (SSSR count). The molecule has 0 unspecified atom stereocenters. The van der Waals surface area contributed by atoms with E-state index < -0.39 is 26.5 Å². The minimum absolute atomic E-state index is 0.205. The molecule has 1 aromatic heterocycles. The highest BCUT2D eigenvalue weighted by atomic mass is 32.2. The molecular weight excluding hydrogens is 297 g/mol. The van der Waals surface area contributed by atoms with Crippen LogP contribution in [0.25, 0.3) is 0 Å². The monoisotopic (exact) mass is 309 g/mol. The number of halogens is 1. The zero-order valence-corrected chi connectivity index (χ0v) is 11.7. The molecule has 0 saturated heterocycles. The van der Waals surface area contributed by atoms with Crippen molar-refractivity contribution in [3.63, 3.8) is 0 Å². The number of carboxylic acid groups (broad SMARTS) is 1. The van der Waals surface area contributed by atoms with Crippen LogP contribution in [0, 0.1) is 5.82 Å². The number of aromatic nitrogens is 1. The van der Waals surface area contributed by atoms with Crippen LogP contribution in [0.5, 0.6) is 0 Å². The Labute approximate surface area is 121 Å². The van der Waals surface area contributed by atoms with Gasteiger partial charge in [0, 0.05) is 12.4 Å². The summed E-state index contributed by atoms with van der Waals surface area (Å²) in [4.78, 5) is 14.1. The second-order valence-electron chi connectivity index (χ2n) is 4.38. The smallest absolute Gasteiger partial charge is 0.335 e. The number of carbonyl (C=O) groups is 1. The second-order valence-corrected chi connectivity index (χ2v) is 6.46. The number of aryl methyl sites for hydroxylation is 1. The van der Waals surface area contributed by atoms with Crippen molar-refractivity contribution in [2.75, 3.05) is 5.75 Å². The number of nitrogens with zero attached hydrogens (tertiary/aromatic N) is 1. The molecule has 1 heterocycles. The molecule has 0 fully saturated rings. The van der Waals surface area contributed by atoms with Gasteiger partial charge in [0.25, 0.3) is 0 Å². The Balaban J connectivity index is 2.22.